The smallest absolute Gasteiger partial charge is 0.240 e. The summed E-state index contributed by atoms with van der Waals surface area (Å²) in [4.78, 5) is 16.2. The Morgan fingerprint density at radius 3 is 0.947 bits per heavy atom. The van der Waals surface area contributed by atoms with Crippen molar-refractivity contribution < 1.29 is 0 Å². The molecule has 0 N–H and O–H groups in total. The van der Waals surface area contributed by atoms with Crippen molar-refractivity contribution in [3.05, 3.63) is 194 Å². The van der Waals surface area contributed by atoms with Gasteiger partial charge in [0, 0.05) is 43.4 Å². The number of aromatic nitrogens is 6. The number of nitrogens with zero attached hydrogens (tertiary/aromatic N) is 6. The molecule has 4 aromatic heterocycles. The minimum atomic E-state index is 0.555. The van der Waals surface area contributed by atoms with E-state index in [-0.39, 0.29) is 0 Å². The van der Waals surface area contributed by atoms with Crippen LogP contribution >= 0.6 is 0 Å². The Morgan fingerprint density at radius 1 is 0.246 bits per heavy atom. The Balaban J connectivity index is 1.17. The van der Waals surface area contributed by atoms with Gasteiger partial charge in [0.15, 0.2) is 5.82 Å². The average molecular weight is 729 g/mol. The maximum Gasteiger partial charge on any atom is 0.240 e. The van der Waals surface area contributed by atoms with Gasteiger partial charge in [0.1, 0.15) is 0 Å². The first-order valence-electron chi connectivity index (χ1n) is 19.2. The molecule has 12 aromatic rings. The van der Waals surface area contributed by atoms with Crippen LogP contribution in [0.5, 0.6) is 0 Å². The molecule has 4 heterocycles. The zero-order valence-electron chi connectivity index (χ0n) is 30.7. The zero-order chi connectivity index (χ0) is 37.5. The molecule has 0 spiro atoms. The Labute approximate surface area is 327 Å². The molecule has 0 unspecified atom stereocenters. The van der Waals surface area contributed by atoms with Crippen LogP contribution < -0.4 is 0 Å². The minimum absolute atomic E-state index is 0.555. The maximum absolute atomic E-state index is 5.42. The molecule has 266 valence electrons. The van der Waals surface area contributed by atoms with E-state index in [4.69, 9.17) is 15.0 Å². The van der Waals surface area contributed by atoms with Crippen LogP contribution in [-0.2, 0) is 0 Å². The Hall–Kier alpha value is -7.83. The third-order valence-electron chi connectivity index (χ3n) is 11.4. The lowest BCUT2D eigenvalue weighted by atomic mass is 9.97. The van der Waals surface area contributed by atoms with E-state index in [1.165, 1.54) is 10.8 Å². The largest absolute Gasteiger partial charge is 0.309 e. The second-order valence-corrected chi connectivity index (χ2v) is 14.4. The molecule has 0 amide bonds. The highest BCUT2D eigenvalue weighted by Gasteiger charge is 2.23. The van der Waals surface area contributed by atoms with Gasteiger partial charge in [-0.1, -0.05) is 152 Å². The van der Waals surface area contributed by atoms with Crippen LogP contribution in [0.25, 0.3) is 106 Å². The summed E-state index contributed by atoms with van der Waals surface area (Å²) in [5, 5.41) is 7.03. The summed E-state index contributed by atoms with van der Waals surface area (Å²) < 4.78 is 6.75. The predicted octanol–water partition coefficient (Wildman–Crippen LogP) is 12.5. The molecule has 0 aliphatic carbocycles. The summed E-state index contributed by atoms with van der Waals surface area (Å²) in [6.45, 7) is 0. The second-order valence-electron chi connectivity index (χ2n) is 14.4. The molecular formula is C51H32N6. The van der Waals surface area contributed by atoms with E-state index in [9.17, 15) is 0 Å². The molecule has 0 saturated carbocycles. The molecule has 0 fully saturated rings. The van der Waals surface area contributed by atoms with E-state index >= 15 is 0 Å². The van der Waals surface area contributed by atoms with Crippen molar-refractivity contribution in [3.8, 4) is 40.1 Å². The molecule has 12 rings (SSSR count). The summed E-state index contributed by atoms with van der Waals surface area (Å²) in [5.74, 6) is 1.70. The van der Waals surface area contributed by atoms with Crippen LogP contribution in [0.2, 0.25) is 0 Å². The number of fused-ring (bicyclic) bond motifs is 9. The van der Waals surface area contributed by atoms with E-state index in [2.05, 4.69) is 208 Å². The molecule has 6 nitrogen and oxygen atoms in total. The molecule has 0 aliphatic rings. The summed E-state index contributed by atoms with van der Waals surface area (Å²) in [6, 6.07) is 68.4. The van der Waals surface area contributed by atoms with Gasteiger partial charge in [-0.05, 0) is 48.0 Å². The summed E-state index contributed by atoms with van der Waals surface area (Å²) in [6.07, 6.45) is 0. The molecule has 57 heavy (non-hydrogen) atoms. The van der Waals surface area contributed by atoms with E-state index in [1.807, 2.05) is 0 Å². The van der Waals surface area contributed by atoms with E-state index in [0.29, 0.717) is 17.7 Å². The SMILES string of the molecule is c1ccc(-c2ccccc2-n2c3ccccc3c3ccccc32)c(-c2nc(-n3c4ccccc4c4ccccc43)nc(-n3c4ccccc4c4ccccc43)n2)c1. The van der Waals surface area contributed by atoms with Crippen molar-refractivity contribution in [1.82, 2.24) is 28.7 Å². The quantitative estimate of drug-likeness (QED) is 0.177. The third kappa shape index (κ3) is 4.68. The van der Waals surface area contributed by atoms with Crippen molar-refractivity contribution >= 4 is 65.4 Å². The second kappa shape index (κ2) is 12.3. The topological polar surface area (TPSA) is 53.5 Å². The molecular weight excluding hydrogens is 697 g/mol. The van der Waals surface area contributed by atoms with Crippen LogP contribution in [0.4, 0.5) is 0 Å². The maximum atomic E-state index is 5.42. The van der Waals surface area contributed by atoms with Crippen LogP contribution in [0, 0.1) is 0 Å². The van der Waals surface area contributed by atoms with Gasteiger partial charge >= 0.3 is 0 Å². The van der Waals surface area contributed by atoms with Gasteiger partial charge in [-0.3, -0.25) is 9.13 Å². The molecule has 8 aromatic carbocycles. The molecule has 0 aliphatic heterocycles. The first kappa shape index (κ1) is 31.5. The van der Waals surface area contributed by atoms with E-state index in [0.717, 1.165) is 77.0 Å². The number of hydrogen-bond donors (Lipinski definition) is 0. The lowest BCUT2D eigenvalue weighted by Crippen LogP contribution is -2.10. The van der Waals surface area contributed by atoms with Crippen molar-refractivity contribution in [2.45, 2.75) is 0 Å². The van der Waals surface area contributed by atoms with Gasteiger partial charge in [0.05, 0.1) is 38.8 Å². The van der Waals surface area contributed by atoms with E-state index in [1.54, 1.807) is 0 Å². The van der Waals surface area contributed by atoms with Gasteiger partial charge in [-0.2, -0.15) is 15.0 Å². The van der Waals surface area contributed by atoms with Crippen LogP contribution in [-0.4, -0.2) is 28.7 Å². The lowest BCUT2D eigenvalue weighted by Gasteiger charge is -2.17. The standard InChI is InChI=1S/C51H32N6/c1-2-25-41(33(17-1)34-18-3-10-26-42(34)55-43-27-11-4-19-35(43)36-20-5-12-28-44(36)55)49-52-50(56-45-29-13-6-21-37(45)38-22-7-14-30-46(38)56)54-51(53-49)57-47-31-15-8-23-39(47)40-24-9-16-32-48(40)57/h1-32H. The average Bonchev–Trinajstić information content (AvgIpc) is 3.92. The first-order valence-corrected chi connectivity index (χ1v) is 19.2. The van der Waals surface area contributed by atoms with Crippen LogP contribution in [0.3, 0.4) is 0 Å². The minimum Gasteiger partial charge on any atom is -0.309 e. The molecule has 0 saturated heterocycles. The van der Waals surface area contributed by atoms with Gasteiger partial charge in [0.2, 0.25) is 11.9 Å². The summed E-state index contributed by atoms with van der Waals surface area (Å²) in [7, 11) is 0. The Morgan fingerprint density at radius 2 is 0.544 bits per heavy atom. The molecule has 0 atom stereocenters. The third-order valence-corrected chi connectivity index (χ3v) is 11.4. The van der Waals surface area contributed by atoms with Gasteiger partial charge < -0.3 is 4.57 Å². The monoisotopic (exact) mass is 728 g/mol. The van der Waals surface area contributed by atoms with Crippen molar-refractivity contribution in [3.63, 3.8) is 0 Å². The lowest BCUT2D eigenvalue weighted by molar-refractivity contribution is 0.893. The number of para-hydroxylation sites is 7. The molecule has 0 bridgehead atoms. The summed E-state index contributed by atoms with van der Waals surface area (Å²) in [5.41, 5.74) is 10.6. The Bertz CT molecular complexity index is 3260. The number of hydrogen-bond acceptors (Lipinski definition) is 3. The van der Waals surface area contributed by atoms with Gasteiger partial charge in [-0.25, -0.2) is 0 Å². The first-order chi connectivity index (χ1) is 28.3. The van der Waals surface area contributed by atoms with Crippen molar-refractivity contribution in [2.24, 2.45) is 0 Å². The normalized spacial score (nSPS) is 11.9. The van der Waals surface area contributed by atoms with Crippen molar-refractivity contribution in [1.29, 1.82) is 0 Å². The highest BCUT2D eigenvalue weighted by molar-refractivity contribution is 6.11. The Kier molecular flexibility index (Phi) is 6.83. The molecule has 0 radical (unpaired) electrons. The summed E-state index contributed by atoms with van der Waals surface area (Å²) >= 11 is 0. The van der Waals surface area contributed by atoms with Gasteiger partial charge in [-0.15, -0.1) is 0 Å². The van der Waals surface area contributed by atoms with E-state index < -0.39 is 0 Å². The number of rotatable bonds is 5. The number of benzene rings is 8. The zero-order valence-corrected chi connectivity index (χ0v) is 30.7. The van der Waals surface area contributed by atoms with Gasteiger partial charge in [0.25, 0.3) is 0 Å². The predicted molar refractivity (Wildman–Crippen MR) is 234 cm³/mol. The molecule has 6 heteroatoms. The highest BCUT2D eigenvalue weighted by Crippen LogP contribution is 2.40. The fourth-order valence-corrected chi connectivity index (χ4v) is 8.94. The van der Waals surface area contributed by atoms with Crippen LogP contribution in [0.15, 0.2) is 194 Å². The van der Waals surface area contributed by atoms with Crippen LogP contribution in [0.1, 0.15) is 0 Å². The highest BCUT2D eigenvalue weighted by atomic mass is 15.3. The fraction of sp³-hybridized carbons (Fsp3) is 0. The van der Waals surface area contributed by atoms with Crippen molar-refractivity contribution in [2.75, 3.05) is 0 Å². The fourth-order valence-electron chi connectivity index (χ4n) is 8.94.